The van der Waals surface area contributed by atoms with E-state index in [2.05, 4.69) is 10.5 Å². The Labute approximate surface area is 117 Å². The smallest absolute Gasteiger partial charge is 0.307 e. The van der Waals surface area contributed by atoms with Crippen LogP contribution >= 0.6 is 22.6 Å². The standard InChI is InChI=1S/C12H9IN2O3/c13-9-6-8(3-4-10(9)16)7-14-15-12(17)11-2-1-5-18-11/h1-7,16H,(H,15,17)/b14-7+. The fourth-order valence-corrected chi connectivity index (χ4v) is 1.77. The number of rotatable bonds is 3. The van der Waals surface area contributed by atoms with Gasteiger partial charge in [-0.25, -0.2) is 5.43 Å². The predicted molar refractivity (Wildman–Crippen MR) is 74.6 cm³/mol. The zero-order valence-electron chi connectivity index (χ0n) is 9.13. The third-order valence-corrected chi connectivity index (χ3v) is 2.96. The summed E-state index contributed by atoms with van der Waals surface area (Å²) < 4.78 is 5.63. The zero-order valence-corrected chi connectivity index (χ0v) is 11.3. The van der Waals surface area contributed by atoms with Crippen LogP contribution in [0.3, 0.4) is 0 Å². The maximum absolute atomic E-state index is 11.5. The second-order valence-corrected chi connectivity index (χ2v) is 4.55. The van der Waals surface area contributed by atoms with Crippen molar-refractivity contribution in [1.29, 1.82) is 0 Å². The molecule has 0 spiro atoms. The molecule has 1 amide bonds. The van der Waals surface area contributed by atoms with Gasteiger partial charge in [-0.3, -0.25) is 4.79 Å². The molecule has 0 aliphatic heterocycles. The van der Waals surface area contributed by atoms with E-state index >= 15 is 0 Å². The van der Waals surface area contributed by atoms with Crippen molar-refractivity contribution < 1.29 is 14.3 Å². The molecule has 1 aromatic carbocycles. The van der Waals surface area contributed by atoms with Crippen molar-refractivity contribution in [2.45, 2.75) is 0 Å². The first kappa shape index (κ1) is 12.6. The summed E-state index contributed by atoms with van der Waals surface area (Å²) in [5, 5.41) is 13.1. The molecule has 2 rings (SSSR count). The second-order valence-electron chi connectivity index (χ2n) is 3.39. The molecule has 0 bridgehead atoms. The largest absolute Gasteiger partial charge is 0.507 e. The second kappa shape index (κ2) is 5.67. The van der Waals surface area contributed by atoms with Gasteiger partial charge < -0.3 is 9.52 Å². The quantitative estimate of drug-likeness (QED) is 0.504. The lowest BCUT2D eigenvalue weighted by atomic mass is 10.2. The van der Waals surface area contributed by atoms with Crippen molar-refractivity contribution in [3.63, 3.8) is 0 Å². The molecule has 2 aromatic rings. The van der Waals surface area contributed by atoms with Gasteiger partial charge in [-0.2, -0.15) is 5.10 Å². The molecule has 6 heteroatoms. The number of nitrogens with zero attached hydrogens (tertiary/aromatic N) is 1. The summed E-state index contributed by atoms with van der Waals surface area (Å²) in [6.07, 6.45) is 2.91. The molecule has 2 N–H and O–H groups in total. The van der Waals surface area contributed by atoms with Crippen LogP contribution in [0.1, 0.15) is 16.1 Å². The summed E-state index contributed by atoms with van der Waals surface area (Å²) in [4.78, 5) is 11.5. The normalized spacial score (nSPS) is 10.7. The summed E-state index contributed by atoms with van der Waals surface area (Å²) in [5.41, 5.74) is 3.11. The highest BCUT2D eigenvalue weighted by Crippen LogP contribution is 2.19. The molecule has 0 radical (unpaired) electrons. The molecular formula is C12H9IN2O3. The molecular weight excluding hydrogens is 347 g/mol. The van der Waals surface area contributed by atoms with E-state index in [9.17, 15) is 9.90 Å². The van der Waals surface area contributed by atoms with Crippen LogP contribution in [0.25, 0.3) is 0 Å². The number of amides is 1. The Kier molecular flexibility index (Phi) is 3.98. The third kappa shape index (κ3) is 3.10. The van der Waals surface area contributed by atoms with E-state index in [0.29, 0.717) is 3.57 Å². The highest BCUT2D eigenvalue weighted by atomic mass is 127. The van der Waals surface area contributed by atoms with E-state index in [4.69, 9.17) is 4.42 Å². The topological polar surface area (TPSA) is 74.8 Å². The number of hydrazone groups is 1. The lowest BCUT2D eigenvalue weighted by Crippen LogP contribution is -2.16. The van der Waals surface area contributed by atoms with Gasteiger partial charge in [-0.1, -0.05) is 0 Å². The van der Waals surface area contributed by atoms with Gasteiger partial charge in [-0.15, -0.1) is 0 Å². The number of aromatic hydroxyl groups is 1. The van der Waals surface area contributed by atoms with Gasteiger partial charge in [0.05, 0.1) is 16.0 Å². The van der Waals surface area contributed by atoms with Crippen LogP contribution in [0, 0.1) is 3.57 Å². The SMILES string of the molecule is O=C(N/N=C/c1ccc(O)c(I)c1)c1ccco1. The summed E-state index contributed by atoms with van der Waals surface area (Å²) in [7, 11) is 0. The molecule has 0 unspecified atom stereocenters. The number of hydrogen-bond donors (Lipinski definition) is 2. The fraction of sp³-hybridized carbons (Fsp3) is 0. The van der Waals surface area contributed by atoms with Crippen LogP contribution in [0.4, 0.5) is 0 Å². The van der Waals surface area contributed by atoms with Gasteiger partial charge in [0.2, 0.25) is 0 Å². The van der Waals surface area contributed by atoms with Crippen LogP contribution in [0.5, 0.6) is 5.75 Å². The predicted octanol–water partition coefficient (Wildman–Crippen LogP) is 2.35. The van der Waals surface area contributed by atoms with Gasteiger partial charge in [-0.05, 0) is 58.5 Å². The molecule has 5 nitrogen and oxygen atoms in total. The van der Waals surface area contributed by atoms with Crippen molar-refractivity contribution >= 4 is 34.7 Å². The summed E-state index contributed by atoms with van der Waals surface area (Å²) in [6.45, 7) is 0. The number of carbonyl (C=O) groups excluding carboxylic acids is 1. The molecule has 18 heavy (non-hydrogen) atoms. The number of halogens is 1. The first-order valence-corrected chi connectivity index (χ1v) is 6.10. The van der Waals surface area contributed by atoms with Gasteiger partial charge in [0.15, 0.2) is 5.76 Å². The minimum absolute atomic E-state index is 0.201. The Morgan fingerprint density at radius 3 is 2.94 bits per heavy atom. The molecule has 92 valence electrons. The van der Waals surface area contributed by atoms with E-state index < -0.39 is 5.91 Å². The van der Waals surface area contributed by atoms with Crippen LogP contribution in [-0.4, -0.2) is 17.2 Å². The van der Waals surface area contributed by atoms with Crippen LogP contribution < -0.4 is 5.43 Å². The van der Waals surface area contributed by atoms with E-state index in [0.717, 1.165) is 5.56 Å². The van der Waals surface area contributed by atoms with Crippen molar-refractivity contribution in [3.8, 4) is 5.75 Å². The van der Waals surface area contributed by atoms with Crippen molar-refractivity contribution in [2.24, 2.45) is 5.10 Å². The molecule has 0 saturated carbocycles. The van der Waals surface area contributed by atoms with Crippen LogP contribution in [-0.2, 0) is 0 Å². The number of nitrogens with one attached hydrogen (secondary N) is 1. The third-order valence-electron chi connectivity index (χ3n) is 2.10. The highest BCUT2D eigenvalue weighted by Gasteiger charge is 2.05. The Balaban J connectivity index is 1.99. The molecule has 1 aromatic heterocycles. The van der Waals surface area contributed by atoms with Crippen molar-refractivity contribution in [2.75, 3.05) is 0 Å². The molecule has 0 fully saturated rings. The van der Waals surface area contributed by atoms with E-state index in [1.807, 2.05) is 22.6 Å². The average Bonchev–Trinajstić information content (AvgIpc) is 2.87. The molecule has 0 aliphatic rings. The van der Waals surface area contributed by atoms with Gasteiger partial charge >= 0.3 is 5.91 Å². The number of hydrogen-bond acceptors (Lipinski definition) is 4. The molecule has 0 aliphatic carbocycles. The Bertz CT molecular complexity index is 579. The summed E-state index contributed by atoms with van der Waals surface area (Å²) in [6, 6.07) is 8.19. The number of carbonyl (C=O) groups is 1. The number of phenolic OH excluding ortho intramolecular Hbond substituents is 1. The average molecular weight is 356 g/mol. The lowest BCUT2D eigenvalue weighted by molar-refractivity contribution is 0.0927. The van der Waals surface area contributed by atoms with Crippen LogP contribution in [0.15, 0.2) is 46.1 Å². The summed E-state index contributed by atoms with van der Waals surface area (Å²) in [5.74, 6) is 0.00420. The maximum Gasteiger partial charge on any atom is 0.307 e. The van der Waals surface area contributed by atoms with Crippen molar-refractivity contribution in [1.82, 2.24) is 5.43 Å². The minimum atomic E-state index is -0.412. The number of phenols is 1. The minimum Gasteiger partial charge on any atom is -0.507 e. The highest BCUT2D eigenvalue weighted by molar-refractivity contribution is 14.1. The Morgan fingerprint density at radius 2 is 2.28 bits per heavy atom. The van der Waals surface area contributed by atoms with Gasteiger partial charge in [0.25, 0.3) is 0 Å². The fourth-order valence-electron chi connectivity index (χ4n) is 1.23. The Morgan fingerprint density at radius 1 is 1.44 bits per heavy atom. The van der Waals surface area contributed by atoms with E-state index in [-0.39, 0.29) is 11.5 Å². The first-order chi connectivity index (χ1) is 8.66. The summed E-state index contributed by atoms with van der Waals surface area (Å²) >= 11 is 2.01. The van der Waals surface area contributed by atoms with Crippen LogP contribution in [0.2, 0.25) is 0 Å². The van der Waals surface area contributed by atoms with E-state index in [1.54, 1.807) is 30.3 Å². The molecule has 1 heterocycles. The maximum atomic E-state index is 11.5. The van der Waals surface area contributed by atoms with E-state index in [1.165, 1.54) is 12.5 Å². The zero-order chi connectivity index (χ0) is 13.0. The first-order valence-electron chi connectivity index (χ1n) is 5.02. The Hall–Kier alpha value is -1.83. The van der Waals surface area contributed by atoms with Crippen molar-refractivity contribution in [3.05, 3.63) is 51.5 Å². The molecule has 0 saturated heterocycles. The number of benzene rings is 1. The molecule has 0 atom stereocenters. The monoisotopic (exact) mass is 356 g/mol. The number of furan rings is 1. The van der Waals surface area contributed by atoms with Gasteiger partial charge in [0, 0.05) is 0 Å². The van der Waals surface area contributed by atoms with Gasteiger partial charge in [0.1, 0.15) is 5.75 Å². The lowest BCUT2D eigenvalue weighted by Gasteiger charge is -1.98.